The molecule has 0 saturated heterocycles. The number of carbonyl (C=O) groups excluding carboxylic acids is 1. The Balaban J connectivity index is 3.17. The summed E-state index contributed by atoms with van der Waals surface area (Å²) < 4.78 is 31.1. The SMILES string of the molecule is COCC(C)(NC(=O)c1cccc(S(=O)(=O)N(C)C(C)C)c1)C(=O)O. The van der Waals surface area contributed by atoms with Crippen LogP contribution < -0.4 is 5.32 Å². The van der Waals surface area contributed by atoms with Crippen LogP contribution in [0.3, 0.4) is 0 Å². The standard InChI is InChI=1S/C16H24N2O6S/c1-11(2)18(4)25(22,23)13-8-6-7-12(9-13)14(19)17-16(3,10-24-5)15(20)21/h6-9,11H,10H2,1-5H3,(H,17,19)(H,20,21). The van der Waals surface area contributed by atoms with Crippen molar-refractivity contribution in [2.45, 2.75) is 37.2 Å². The zero-order valence-electron chi connectivity index (χ0n) is 14.9. The Morgan fingerprint density at radius 3 is 2.44 bits per heavy atom. The van der Waals surface area contributed by atoms with Crippen molar-refractivity contribution in [3.05, 3.63) is 29.8 Å². The summed E-state index contributed by atoms with van der Waals surface area (Å²) in [4.78, 5) is 23.7. The molecule has 8 nitrogen and oxygen atoms in total. The zero-order valence-corrected chi connectivity index (χ0v) is 15.8. The van der Waals surface area contributed by atoms with Crippen molar-refractivity contribution in [1.29, 1.82) is 0 Å². The topological polar surface area (TPSA) is 113 Å². The Bertz CT molecular complexity index is 747. The molecule has 1 unspecified atom stereocenters. The lowest BCUT2D eigenvalue weighted by Crippen LogP contribution is -2.55. The molecular weight excluding hydrogens is 348 g/mol. The van der Waals surface area contributed by atoms with Crippen molar-refractivity contribution in [2.24, 2.45) is 0 Å². The third kappa shape index (κ3) is 4.77. The fraction of sp³-hybridized carbons (Fsp3) is 0.500. The number of nitrogens with one attached hydrogen (secondary N) is 1. The Morgan fingerprint density at radius 2 is 1.96 bits per heavy atom. The van der Waals surface area contributed by atoms with E-state index in [9.17, 15) is 23.1 Å². The largest absolute Gasteiger partial charge is 0.479 e. The first-order valence-electron chi connectivity index (χ1n) is 7.58. The molecule has 0 heterocycles. The highest BCUT2D eigenvalue weighted by molar-refractivity contribution is 7.89. The highest BCUT2D eigenvalue weighted by Gasteiger charge is 2.35. The normalized spacial score (nSPS) is 14.4. The molecule has 1 atom stereocenters. The number of methoxy groups -OCH3 is 1. The van der Waals surface area contributed by atoms with Crippen LogP contribution >= 0.6 is 0 Å². The summed E-state index contributed by atoms with van der Waals surface area (Å²) >= 11 is 0. The van der Waals surface area contributed by atoms with Crippen LogP contribution in [0, 0.1) is 0 Å². The van der Waals surface area contributed by atoms with Gasteiger partial charge in [-0.15, -0.1) is 0 Å². The van der Waals surface area contributed by atoms with Gasteiger partial charge in [0.2, 0.25) is 10.0 Å². The van der Waals surface area contributed by atoms with E-state index in [4.69, 9.17) is 4.74 Å². The van der Waals surface area contributed by atoms with Gasteiger partial charge < -0.3 is 15.2 Å². The molecule has 0 aliphatic rings. The van der Waals surface area contributed by atoms with E-state index in [1.54, 1.807) is 13.8 Å². The van der Waals surface area contributed by atoms with Gasteiger partial charge in [-0.3, -0.25) is 4.79 Å². The number of rotatable bonds is 8. The van der Waals surface area contributed by atoms with Gasteiger partial charge in [0, 0.05) is 25.8 Å². The average Bonchev–Trinajstić information content (AvgIpc) is 2.54. The van der Waals surface area contributed by atoms with E-state index in [1.165, 1.54) is 49.7 Å². The first-order chi connectivity index (χ1) is 11.5. The van der Waals surface area contributed by atoms with Crippen molar-refractivity contribution in [3.8, 4) is 0 Å². The number of hydrogen-bond donors (Lipinski definition) is 2. The van der Waals surface area contributed by atoms with Crippen molar-refractivity contribution < 1.29 is 27.9 Å². The quantitative estimate of drug-likeness (QED) is 0.702. The summed E-state index contributed by atoms with van der Waals surface area (Å²) in [6, 6.07) is 5.21. The smallest absolute Gasteiger partial charge is 0.331 e. The molecule has 0 spiro atoms. The fourth-order valence-electron chi connectivity index (χ4n) is 2.00. The minimum absolute atomic E-state index is 0.0416. The molecule has 25 heavy (non-hydrogen) atoms. The maximum absolute atomic E-state index is 12.5. The van der Waals surface area contributed by atoms with Gasteiger partial charge in [-0.1, -0.05) is 6.07 Å². The number of benzene rings is 1. The summed E-state index contributed by atoms with van der Waals surface area (Å²) in [6.07, 6.45) is 0. The Morgan fingerprint density at radius 1 is 1.36 bits per heavy atom. The second-order valence-corrected chi connectivity index (χ2v) is 8.16. The maximum atomic E-state index is 12.5. The van der Waals surface area contributed by atoms with Crippen LogP contribution in [0.4, 0.5) is 0 Å². The van der Waals surface area contributed by atoms with Gasteiger partial charge in [-0.2, -0.15) is 4.31 Å². The van der Waals surface area contributed by atoms with Crippen LogP contribution in [-0.2, 0) is 19.6 Å². The molecule has 0 aromatic heterocycles. The molecule has 1 rings (SSSR count). The molecule has 140 valence electrons. The fourth-order valence-corrected chi connectivity index (χ4v) is 3.42. The van der Waals surface area contributed by atoms with Crippen LogP contribution in [0.1, 0.15) is 31.1 Å². The molecule has 1 aromatic rings. The molecule has 2 N–H and O–H groups in total. The predicted octanol–water partition coefficient (Wildman–Crippen LogP) is 0.935. The van der Waals surface area contributed by atoms with Crippen LogP contribution in [0.15, 0.2) is 29.2 Å². The number of carbonyl (C=O) groups is 2. The summed E-state index contributed by atoms with van der Waals surface area (Å²) in [6.45, 7) is 4.54. The molecule has 1 aromatic carbocycles. The van der Waals surface area contributed by atoms with Gasteiger partial charge in [0.1, 0.15) is 0 Å². The van der Waals surface area contributed by atoms with Gasteiger partial charge in [0.05, 0.1) is 11.5 Å². The molecule has 1 amide bonds. The number of carboxylic acids is 1. The van der Waals surface area contributed by atoms with Crippen molar-refractivity contribution in [2.75, 3.05) is 20.8 Å². The van der Waals surface area contributed by atoms with E-state index in [2.05, 4.69) is 5.32 Å². The molecule has 9 heteroatoms. The molecule has 0 aliphatic heterocycles. The summed E-state index contributed by atoms with van der Waals surface area (Å²) in [5.74, 6) is -1.96. The van der Waals surface area contributed by atoms with Gasteiger partial charge in [0.25, 0.3) is 5.91 Å². The minimum atomic E-state index is -3.75. The van der Waals surface area contributed by atoms with E-state index >= 15 is 0 Å². The van der Waals surface area contributed by atoms with Gasteiger partial charge >= 0.3 is 5.97 Å². The van der Waals surface area contributed by atoms with Gasteiger partial charge in [0.15, 0.2) is 5.54 Å². The maximum Gasteiger partial charge on any atom is 0.331 e. The van der Waals surface area contributed by atoms with Crippen LogP contribution in [-0.4, -0.2) is 62.1 Å². The number of nitrogens with zero attached hydrogens (tertiary/aromatic N) is 1. The van der Waals surface area contributed by atoms with E-state index in [0.717, 1.165) is 0 Å². The predicted molar refractivity (Wildman–Crippen MR) is 91.9 cm³/mol. The van der Waals surface area contributed by atoms with E-state index < -0.39 is 27.4 Å². The van der Waals surface area contributed by atoms with E-state index in [-0.39, 0.29) is 23.1 Å². The monoisotopic (exact) mass is 372 g/mol. The average molecular weight is 372 g/mol. The van der Waals surface area contributed by atoms with E-state index in [1.807, 2.05) is 0 Å². The number of sulfonamides is 1. The number of aliphatic carboxylic acids is 1. The molecule has 0 saturated carbocycles. The lowest BCUT2D eigenvalue weighted by atomic mass is 10.0. The first kappa shape index (κ1) is 21.1. The molecule has 0 aliphatic carbocycles. The van der Waals surface area contributed by atoms with Crippen molar-refractivity contribution in [1.82, 2.24) is 9.62 Å². The van der Waals surface area contributed by atoms with E-state index in [0.29, 0.717) is 0 Å². The Hall–Kier alpha value is -1.97. The number of amides is 1. The lowest BCUT2D eigenvalue weighted by Gasteiger charge is -2.25. The highest BCUT2D eigenvalue weighted by atomic mass is 32.2. The van der Waals surface area contributed by atoms with Crippen molar-refractivity contribution in [3.63, 3.8) is 0 Å². The summed E-state index contributed by atoms with van der Waals surface area (Å²) in [7, 11) is -0.979. The number of carboxylic acid groups (broad SMARTS) is 1. The molecule has 0 bridgehead atoms. The second kappa shape index (κ2) is 7.94. The van der Waals surface area contributed by atoms with Gasteiger partial charge in [-0.05, 0) is 39.0 Å². The minimum Gasteiger partial charge on any atom is -0.479 e. The second-order valence-electron chi connectivity index (χ2n) is 6.17. The summed E-state index contributed by atoms with van der Waals surface area (Å²) in [5, 5.41) is 11.6. The zero-order chi connectivity index (χ0) is 19.4. The Kier molecular flexibility index (Phi) is 6.69. The molecule has 0 radical (unpaired) electrons. The summed E-state index contributed by atoms with van der Waals surface area (Å²) in [5.41, 5.74) is -1.59. The number of ether oxygens (including phenoxy) is 1. The van der Waals surface area contributed by atoms with Gasteiger partial charge in [-0.25, -0.2) is 13.2 Å². The Labute approximate surface area is 147 Å². The third-order valence-corrected chi connectivity index (χ3v) is 5.82. The lowest BCUT2D eigenvalue weighted by molar-refractivity contribution is -0.145. The van der Waals surface area contributed by atoms with Crippen LogP contribution in [0.25, 0.3) is 0 Å². The van der Waals surface area contributed by atoms with Crippen molar-refractivity contribution >= 4 is 21.9 Å². The van der Waals surface area contributed by atoms with Crippen LogP contribution in [0.5, 0.6) is 0 Å². The highest BCUT2D eigenvalue weighted by Crippen LogP contribution is 2.18. The molecule has 0 fully saturated rings. The van der Waals surface area contributed by atoms with Crippen LogP contribution in [0.2, 0.25) is 0 Å². The first-order valence-corrected chi connectivity index (χ1v) is 9.02. The number of hydrogen-bond acceptors (Lipinski definition) is 5. The molecular formula is C16H24N2O6S. The third-order valence-electron chi connectivity index (χ3n) is 3.79.